The van der Waals surface area contributed by atoms with Crippen molar-refractivity contribution >= 4 is 10.9 Å². The Morgan fingerprint density at radius 3 is 2.62 bits per heavy atom. The van der Waals surface area contributed by atoms with Crippen LogP contribution in [-0.4, -0.2) is 14.8 Å². The number of aromatic nitrogens is 3. The molecule has 0 unspecified atom stereocenters. The molecular weight excluding hydrogens is 281 g/mol. The fourth-order valence-corrected chi connectivity index (χ4v) is 1.95. The van der Waals surface area contributed by atoms with Gasteiger partial charge in [-0.3, -0.25) is 0 Å². The van der Waals surface area contributed by atoms with Gasteiger partial charge in [-0.05, 0) is 12.1 Å². The first-order chi connectivity index (χ1) is 9.99. The van der Waals surface area contributed by atoms with E-state index in [0.29, 0.717) is 11.7 Å². The topological polar surface area (TPSA) is 54.5 Å². The summed E-state index contributed by atoms with van der Waals surface area (Å²) in [5, 5.41) is 13.5. The van der Waals surface area contributed by atoms with E-state index in [9.17, 15) is 13.2 Å². The molecule has 4 nitrogen and oxygen atoms in total. The van der Waals surface area contributed by atoms with Crippen molar-refractivity contribution in [2.75, 3.05) is 0 Å². The lowest BCUT2D eigenvalue weighted by Gasteiger charge is -2.05. The van der Waals surface area contributed by atoms with Crippen LogP contribution in [0, 0.1) is 11.3 Å². The molecule has 0 saturated heterocycles. The minimum absolute atomic E-state index is 0.0756. The fraction of sp³-hybridized carbons (Fsp3) is 0.0714. The quantitative estimate of drug-likeness (QED) is 0.690. The molecule has 2 heterocycles. The molecule has 3 aromatic rings. The molecule has 0 N–H and O–H groups in total. The Morgan fingerprint density at radius 1 is 1.19 bits per heavy atom. The Balaban J connectivity index is 2.20. The molecule has 3 rings (SSSR count). The number of pyridine rings is 1. The predicted octanol–water partition coefficient (Wildman–Crippen LogP) is 3.31. The highest BCUT2D eigenvalue weighted by Crippen LogP contribution is 2.29. The number of rotatable bonds is 1. The summed E-state index contributed by atoms with van der Waals surface area (Å²) >= 11 is 0. The Bertz CT molecular complexity index is 859. The second-order valence-corrected chi connectivity index (χ2v) is 4.34. The summed E-state index contributed by atoms with van der Waals surface area (Å²) in [5.41, 5.74) is -0.151. The summed E-state index contributed by atoms with van der Waals surface area (Å²) < 4.78 is 38.8. The summed E-state index contributed by atoms with van der Waals surface area (Å²) in [6, 6.07) is 10.5. The predicted molar refractivity (Wildman–Crippen MR) is 68.6 cm³/mol. The van der Waals surface area contributed by atoms with Crippen LogP contribution in [0.15, 0.2) is 42.7 Å². The summed E-state index contributed by atoms with van der Waals surface area (Å²) in [6.45, 7) is 0. The Kier molecular flexibility index (Phi) is 2.87. The van der Waals surface area contributed by atoms with Crippen LogP contribution < -0.4 is 0 Å². The monoisotopic (exact) mass is 288 g/mol. The second-order valence-electron chi connectivity index (χ2n) is 4.34. The number of para-hydroxylation sites is 1. The average molecular weight is 288 g/mol. The van der Waals surface area contributed by atoms with Gasteiger partial charge >= 0.3 is 6.18 Å². The second kappa shape index (κ2) is 4.59. The van der Waals surface area contributed by atoms with E-state index in [2.05, 4.69) is 10.1 Å². The van der Waals surface area contributed by atoms with Gasteiger partial charge in [-0.25, -0.2) is 9.67 Å². The molecule has 0 amide bonds. The molecule has 0 aliphatic rings. The maximum absolute atomic E-state index is 12.6. The van der Waals surface area contributed by atoms with E-state index in [4.69, 9.17) is 5.26 Å². The van der Waals surface area contributed by atoms with E-state index >= 15 is 0 Å². The van der Waals surface area contributed by atoms with Gasteiger partial charge in [0, 0.05) is 11.6 Å². The molecule has 2 aromatic heterocycles. The van der Waals surface area contributed by atoms with Gasteiger partial charge in [0.2, 0.25) is 0 Å². The third-order valence-electron chi connectivity index (χ3n) is 2.95. The van der Waals surface area contributed by atoms with E-state index in [1.54, 1.807) is 30.3 Å². The normalized spacial score (nSPS) is 11.5. The van der Waals surface area contributed by atoms with E-state index < -0.39 is 11.7 Å². The Hall–Kier alpha value is -2.88. The number of hydrogen-bond donors (Lipinski definition) is 0. The van der Waals surface area contributed by atoms with Crippen molar-refractivity contribution in [2.45, 2.75) is 6.18 Å². The Morgan fingerprint density at radius 2 is 1.95 bits per heavy atom. The van der Waals surface area contributed by atoms with E-state index in [1.807, 2.05) is 6.07 Å². The van der Waals surface area contributed by atoms with Gasteiger partial charge in [-0.1, -0.05) is 18.2 Å². The third kappa shape index (κ3) is 2.31. The van der Waals surface area contributed by atoms with E-state index in [0.717, 1.165) is 16.3 Å². The number of nitrogens with zero attached hydrogens (tertiary/aromatic N) is 4. The van der Waals surface area contributed by atoms with Gasteiger partial charge in [0.25, 0.3) is 0 Å². The number of nitriles is 1. The molecule has 0 radical (unpaired) electrons. The highest BCUT2D eigenvalue weighted by molar-refractivity contribution is 5.81. The van der Waals surface area contributed by atoms with Crippen molar-refractivity contribution in [3.8, 4) is 11.9 Å². The number of benzene rings is 1. The van der Waals surface area contributed by atoms with E-state index in [1.165, 1.54) is 0 Å². The lowest BCUT2D eigenvalue weighted by atomic mass is 10.1. The third-order valence-corrected chi connectivity index (χ3v) is 2.95. The number of alkyl halides is 3. The number of hydrogen-bond acceptors (Lipinski definition) is 3. The zero-order valence-corrected chi connectivity index (χ0v) is 10.5. The van der Waals surface area contributed by atoms with Gasteiger partial charge in [0.1, 0.15) is 6.07 Å². The highest BCUT2D eigenvalue weighted by atomic mass is 19.4. The first-order valence-corrected chi connectivity index (χ1v) is 5.91. The van der Waals surface area contributed by atoms with Gasteiger partial charge in [-0.2, -0.15) is 23.5 Å². The molecule has 0 bridgehead atoms. The zero-order chi connectivity index (χ0) is 15.0. The van der Waals surface area contributed by atoms with Gasteiger partial charge in [0.05, 0.1) is 22.8 Å². The number of fused-ring (bicyclic) bond motifs is 1. The number of halogens is 3. The summed E-state index contributed by atoms with van der Waals surface area (Å²) in [7, 11) is 0. The van der Waals surface area contributed by atoms with Crippen LogP contribution in [0.25, 0.3) is 16.7 Å². The maximum Gasteiger partial charge on any atom is 0.419 e. The lowest BCUT2D eigenvalue weighted by molar-refractivity contribution is -0.137. The fourth-order valence-electron chi connectivity index (χ4n) is 1.95. The molecule has 0 atom stereocenters. The first-order valence-electron chi connectivity index (χ1n) is 5.91. The molecule has 0 aliphatic carbocycles. The smallest absolute Gasteiger partial charge is 0.227 e. The van der Waals surface area contributed by atoms with Crippen LogP contribution in [0.3, 0.4) is 0 Å². The van der Waals surface area contributed by atoms with Crippen molar-refractivity contribution in [2.24, 2.45) is 0 Å². The van der Waals surface area contributed by atoms with Crippen molar-refractivity contribution in [3.05, 3.63) is 53.9 Å². The molecule has 0 saturated carbocycles. The average Bonchev–Trinajstić information content (AvgIpc) is 2.95. The van der Waals surface area contributed by atoms with Crippen LogP contribution in [0.1, 0.15) is 11.1 Å². The van der Waals surface area contributed by atoms with Gasteiger partial charge < -0.3 is 0 Å². The molecule has 0 aliphatic heterocycles. The van der Waals surface area contributed by atoms with Crippen LogP contribution >= 0.6 is 0 Å². The van der Waals surface area contributed by atoms with Crippen LogP contribution in [0.4, 0.5) is 13.2 Å². The van der Waals surface area contributed by atoms with Crippen LogP contribution in [0.2, 0.25) is 0 Å². The summed E-state index contributed by atoms with van der Waals surface area (Å²) in [6.07, 6.45) is -2.96. The van der Waals surface area contributed by atoms with Crippen molar-refractivity contribution in [1.29, 1.82) is 5.26 Å². The van der Waals surface area contributed by atoms with Gasteiger partial charge in [-0.15, -0.1) is 0 Å². The minimum atomic E-state index is -4.48. The molecule has 21 heavy (non-hydrogen) atoms. The highest BCUT2D eigenvalue weighted by Gasteiger charge is 2.32. The van der Waals surface area contributed by atoms with Crippen molar-refractivity contribution in [3.63, 3.8) is 0 Å². The standard InChI is InChI=1S/C14H7F3N4/c15-14(16,17)11-7-19-21(8-11)13-10(6-18)5-9-3-1-2-4-12(9)20-13/h1-5,7-8H. The lowest BCUT2D eigenvalue weighted by Crippen LogP contribution is -2.04. The zero-order valence-electron chi connectivity index (χ0n) is 10.5. The van der Waals surface area contributed by atoms with Crippen LogP contribution in [0.5, 0.6) is 0 Å². The molecule has 1 aromatic carbocycles. The van der Waals surface area contributed by atoms with E-state index in [-0.39, 0.29) is 11.4 Å². The Labute approximate surface area is 117 Å². The molecule has 7 heteroatoms. The molecular formula is C14H7F3N4. The maximum atomic E-state index is 12.6. The summed E-state index contributed by atoms with van der Waals surface area (Å²) in [5.74, 6) is 0.0756. The SMILES string of the molecule is N#Cc1cc2ccccc2nc1-n1cc(C(F)(F)F)cn1. The summed E-state index contributed by atoms with van der Waals surface area (Å²) in [4.78, 5) is 4.22. The van der Waals surface area contributed by atoms with Crippen molar-refractivity contribution in [1.82, 2.24) is 14.8 Å². The largest absolute Gasteiger partial charge is 0.419 e. The molecule has 0 fully saturated rings. The van der Waals surface area contributed by atoms with Crippen LogP contribution in [-0.2, 0) is 6.18 Å². The molecule has 104 valence electrons. The minimum Gasteiger partial charge on any atom is -0.227 e. The van der Waals surface area contributed by atoms with Gasteiger partial charge in [0.15, 0.2) is 5.82 Å². The first kappa shape index (κ1) is 13.1. The molecule has 0 spiro atoms. The van der Waals surface area contributed by atoms with Crippen molar-refractivity contribution < 1.29 is 13.2 Å².